The van der Waals surface area contributed by atoms with Crippen LogP contribution in [0.25, 0.3) is 0 Å². The van der Waals surface area contributed by atoms with Crippen molar-refractivity contribution in [3.8, 4) is 0 Å². The molecule has 3 saturated carbocycles. The Hall–Kier alpha value is -4.03. The number of rotatable bonds is 13. The first-order valence-corrected chi connectivity index (χ1v) is 15.0. The highest BCUT2D eigenvalue weighted by Crippen LogP contribution is 2.70. The van der Waals surface area contributed by atoms with Crippen molar-refractivity contribution in [2.24, 2.45) is 34.3 Å². The standard InChI is InChI=1S/C29H38FN3O14/c1-15-8-20-19-5-4-16-9-17(34)6-7-26(16,2)28(19,30)22(35)11-27(20,3)29(15,39)23(36)14-44-24(37)10-21(31)25(38)45-12-18(47-33(42)43)13-46-32(40)41/h6-7,9,15,18-22,35,39H,4-5,8,10-14,31H2,1-3H3/t15-,18?,19-,20-,21-,22-,26-,27-,28-,29-/m0/s1. The lowest BCUT2D eigenvalue weighted by Gasteiger charge is -2.62. The number of hydrogen-bond acceptors (Lipinski definition) is 15. The zero-order chi connectivity index (χ0) is 35.1. The topological polar surface area (TPSA) is 258 Å². The number of alkyl halides is 1. The molecule has 3 fully saturated rings. The number of carbonyl (C=O) groups is 4. The number of carbonyl (C=O) groups excluding carboxylic acids is 4. The fraction of sp³-hybridized carbons (Fsp3) is 0.724. The third-order valence-electron chi connectivity index (χ3n) is 10.7. The summed E-state index contributed by atoms with van der Waals surface area (Å²) >= 11 is 0. The Morgan fingerprint density at radius 3 is 2.47 bits per heavy atom. The van der Waals surface area contributed by atoms with Gasteiger partial charge in [0.1, 0.15) is 24.9 Å². The van der Waals surface area contributed by atoms with Gasteiger partial charge in [-0.25, -0.2) is 4.39 Å². The number of ketones is 2. The Bertz CT molecular complexity index is 1410. The second kappa shape index (κ2) is 12.9. The molecule has 4 rings (SSSR count). The van der Waals surface area contributed by atoms with Crippen molar-refractivity contribution in [1.29, 1.82) is 0 Å². The van der Waals surface area contributed by atoms with E-state index in [1.54, 1.807) is 20.8 Å². The summed E-state index contributed by atoms with van der Waals surface area (Å²) in [5.41, 5.74) is -0.598. The van der Waals surface area contributed by atoms with Crippen molar-refractivity contribution in [2.75, 3.05) is 19.8 Å². The summed E-state index contributed by atoms with van der Waals surface area (Å²) < 4.78 is 27.1. The summed E-state index contributed by atoms with van der Waals surface area (Å²) in [6.45, 7) is 2.16. The van der Waals surface area contributed by atoms with Gasteiger partial charge in [0.2, 0.25) is 5.78 Å². The predicted octanol–water partition coefficient (Wildman–Crippen LogP) is 0.492. The van der Waals surface area contributed by atoms with E-state index in [1.807, 2.05) is 0 Å². The van der Waals surface area contributed by atoms with Crippen molar-refractivity contribution >= 4 is 23.5 Å². The van der Waals surface area contributed by atoms with Gasteiger partial charge in [-0.3, -0.25) is 19.2 Å². The number of allylic oxidation sites excluding steroid dienone is 4. The summed E-state index contributed by atoms with van der Waals surface area (Å²) in [5, 5.41) is 41.8. The molecule has 1 unspecified atom stereocenters. The van der Waals surface area contributed by atoms with Crippen LogP contribution < -0.4 is 5.73 Å². The molecule has 0 aromatic heterocycles. The number of ether oxygens (including phenoxy) is 2. The molecule has 0 aromatic rings. The number of halogens is 1. The summed E-state index contributed by atoms with van der Waals surface area (Å²) in [6, 6.07) is -1.66. The van der Waals surface area contributed by atoms with E-state index < -0.39 is 112 Å². The molecular formula is C29H38FN3O14. The monoisotopic (exact) mass is 671 g/mol. The van der Waals surface area contributed by atoms with E-state index in [1.165, 1.54) is 18.2 Å². The Kier molecular flexibility index (Phi) is 9.81. The normalized spacial score (nSPS) is 36.8. The van der Waals surface area contributed by atoms with Crippen LogP contribution in [0.3, 0.4) is 0 Å². The number of esters is 2. The van der Waals surface area contributed by atoms with Crippen LogP contribution >= 0.6 is 0 Å². The van der Waals surface area contributed by atoms with Gasteiger partial charge in [-0.15, -0.1) is 20.2 Å². The molecular weight excluding hydrogens is 633 g/mol. The number of nitrogens with two attached hydrogens (primary N) is 1. The van der Waals surface area contributed by atoms with Gasteiger partial charge in [-0.2, -0.15) is 0 Å². The molecule has 18 heteroatoms. The molecule has 17 nitrogen and oxygen atoms in total. The van der Waals surface area contributed by atoms with Crippen molar-refractivity contribution < 1.29 is 63.1 Å². The van der Waals surface area contributed by atoms with E-state index >= 15 is 4.39 Å². The van der Waals surface area contributed by atoms with Crippen LogP contribution in [0.1, 0.15) is 52.9 Å². The van der Waals surface area contributed by atoms with Crippen LogP contribution in [-0.2, 0) is 38.3 Å². The number of aliphatic hydroxyl groups excluding tert-OH is 1. The highest BCUT2D eigenvalue weighted by atomic mass is 19.1. The average molecular weight is 672 g/mol. The summed E-state index contributed by atoms with van der Waals surface area (Å²) in [7, 11) is 0. The first-order valence-electron chi connectivity index (χ1n) is 15.0. The molecule has 47 heavy (non-hydrogen) atoms. The Morgan fingerprint density at radius 1 is 1.15 bits per heavy atom. The van der Waals surface area contributed by atoms with E-state index in [0.717, 1.165) is 0 Å². The zero-order valence-electron chi connectivity index (χ0n) is 26.0. The maximum absolute atomic E-state index is 17.3. The van der Waals surface area contributed by atoms with E-state index in [9.17, 15) is 49.6 Å². The Labute approximate surface area is 267 Å². The summed E-state index contributed by atoms with van der Waals surface area (Å²) in [5.74, 6) is -5.51. The van der Waals surface area contributed by atoms with Crippen molar-refractivity contribution in [2.45, 2.75) is 82.4 Å². The second-order valence-corrected chi connectivity index (χ2v) is 13.2. The molecule has 0 aromatic carbocycles. The summed E-state index contributed by atoms with van der Waals surface area (Å²) in [4.78, 5) is 79.3. The number of aliphatic hydroxyl groups is 2. The molecule has 0 heterocycles. The van der Waals surface area contributed by atoms with E-state index in [-0.39, 0.29) is 25.0 Å². The SMILES string of the molecule is C[C@H]1C[C@H]2[C@@H]3CCC4=CC(=O)C=C[C@]4(C)[C@@]3(F)[C@@H](O)C[C@]2(C)[C@@]1(O)C(=O)COC(=O)C[C@H](N)C(=O)OCC(CO[N+](=O)[O-])O[N+](=O)[O-]. The molecule has 0 amide bonds. The lowest BCUT2D eigenvalue weighted by molar-refractivity contribution is -0.790. The largest absolute Gasteiger partial charge is 0.462 e. The van der Waals surface area contributed by atoms with Gasteiger partial charge < -0.3 is 35.1 Å². The second-order valence-electron chi connectivity index (χ2n) is 13.2. The number of hydrogen-bond donors (Lipinski definition) is 3. The first kappa shape index (κ1) is 35.8. The fourth-order valence-electron chi connectivity index (χ4n) is 8.38. The Morgan fingerprint density at radius 2 is 1.83 bits per heavy atom. The van der Waals surface area contributed by atoms with E-state index in [4.69, 9.17) is 15.2 Å². The predicted molar refractivity (Wildman–Crippen MR) is 152 cm³/mol. The van der Waals surface area contributed by atoms with E-state index in [0.29, 0.717) is 12.0 Å². The lowest BCUT2D eigenvalue weighted by Crippen LogP contribution is -2.69. The molecule has 4 aliphatic rings. The zero-order valence-corrected chi connectivity index (χ0v) is 26.0. The third kappa shape index (κ3) is 6.09. The molecule has 0 saturated heterocycles. The summed E-state index contributed by atoms with van der Waals surface area (Å²) in [6.07, 6.45) is 0.790. The highest BCUT2D eigenvalue weighted by Gasteiger charge is 2.75. The van der Waals surface area contributed by atoms with Gasteiger partial charge in [0.15, 0.2) is 24.2 Å². The Balaban J connectivity index is 1.39. The van der Waals surface area contributed by atoms with Gasteiger partial charge in [0.25, 0.3) is 10.2 Å². The van der Waals surface area contributed by atoms with Crippen molar-refractivity contribution in [1.82, 2.24) is 0 Å². The lowest BCUT2D eigenvalue weighted by atomic mass is 9.44. The van der Waals surface area contributed by atoms with Crippen LogP contribution in [0, 0.1) is 48.8 Å². The maximum atomic E-state index is 17.3. The molecule has 10 atom stereocenters. The van der Waals surface area contributed by atoms with Gasteiger partial charge in [-0.1, -0.05) is 25.5 Å². The molecule has 4 N–H and O–H groups in total. The maximum Gasteiger partial charge on any atom is 0.323 e. The fourth-order valence-corrected chi connectivity index (χ4v) is 8.38. The molecule has 260 valence electrons. The van der Waals surface area contributed by atoms with Crippen LogP contribution in [0.4, 0.5) is 4.39 Å². The van der Waals surface area contributed by atoms with Gasteiger partial charge in [0.05, 0.1) is 12.5 Å². The van der Waals surface area contributed by atoms with Gasteiger partial charge >= 0.3 is 11.9 Å². The minimum atomic E-state index is -2.17. The molecule has 0 spiro atoms. The number of Topliss-reactive ketones (excluding diaryl/α,β-unsaturated/α-hetero) is 1. The average Bonchev–Trinajstić information content (AvgIpc) is 3.19. The number of fused-ring (bicyclic) bond motifs is 5. The minimum absolute atomic E-state index is 0.248. The minimum Gasteiger partial charge on any atom is -0.462 e. The molecule has 4 aliphatic carbocycles. The third-order valence-corrected chi connectivity index (χ3v) is 10.7. The number of nitrogens with zero attached hydrogens (tertiary/aromatic N) is 2. The molecule has 0 aliphatic heterocycles. The van der Waals surface area contributed by atoms with Crippen molar-refractivity contribution in [3.05, 3.63) is 44.0 Å². The van der Waals surface area contributed by atoms with Crippen LogP contribution in [0.15, 0.2) is 23.8 Å². The van der Waals surface area contributed by atoms with Crippen LogP contribution in [-0.4, -0.2) is 93.2 Å². The van der Waals surface area contributed by atoms with Crippen LogP contribution in [0.2, 0.25) is 0 Å². The van der Waals surface area contributed by atoms with Crippen LogP contribution in [0.5, 0.6) is 0 Å². The molecule has 0 radical (unpaired) electrons. The smallest absolute Gasteiger partial charge is 0.323 e. The molecule has 0 bridgehead atoms. The highest BCUT2D eigenvalue weighted by molar-refractivity contribution is 6.01. The van der Waals surface area contributed by atoms with Crippen molar-refractivity contribution in [3.63, 3.8) is 0 Å². The van der Waals surface area contributed by atoms with E-state index in [2.05, 4.69) is 9.68 Å². The van der Waals surface area contributed by atoms with Gasteiger partial charge in [0, 0.05) is 16.7 Å². The first-order chi connectivity index (χ1) is 21.8. The quantitative estimate of drug-likeness (QED) is 0.137. The van der Waals surface area contributed by atoms with Gasteiger partial charge in [-0.05, 0) is 56.6 Å².